The molecule has 0 aliphatic rings. The molecule has 0 amide bonds. The minimum Gasteiger partial charge on any atom is -0.457 e. The van der Waals surface area contributed by atoms with E-state index in [0.29, 0.717) is 24.8 Å². The van der Waals surface area contributed by atoms with Crippen LogP contribution in [0.4, 0.5) is 5.69 Å². The lowest BCUT2D eigenvalue weighted by Gasteiger charge is -2.16. The van der Waals surface area contributed by atoms with Crippen molar-refractivity contribution >= 4 is 29.6 Å². The second-order valence-corrected chi connectivity index (χ2v) is 9.04. The quantitative estimate of drug-likeness (QED) is 0.100. The van der Waals surface area contributed by atoms with Crippen LogP contribution < -0.4 is 14.2 Å². The van der Waals surface area contributed by atoms with Crippen molar-refractivity contribution in [1.29, 1.82) is 0 Å². The van der Waals surface area contributed by atoms with Crippen molar-refractivity contribution in [2.75, 3.05) is 0 Å². The summed E-state index contributed by atoms with van der Waals surface area (Å²) in [5.41, 5.74) is 0.0715. The van der Waals surface area contributed by atoms with E-state index in [1.807, 2.05) is 20.8 Å². The molecule has 0 heterocycles. The first kappa shape index (κ1) is 31.9. The van der Waals surface area contributed by atoms with Crippen molar-refractivity contribution in [3.05, 3.63) is 57.6 Å². The van der Waals surface area contributed by atoms with Crippen molar-refractivity contribution in [3.63, 3.8) is 0 Å². The van der Waals surface area contributed by atoms with E-state index in [4.69, 9.17) is 18.9 Å². The highest BCUT2D eigenvalue weighted by Gasteiger charge is 2.25. The Morgan fingerprint density at radius 3 is 1.73 bits per heavy atom. The molecule has 0 aliphatic carbocycles. The van der Waals surface area contributed by atoms with Crippen LogP contribution in [-0.4, -0.2) is 28.8 Å². The number of hydrogen-bond acceptors (Lipinski definition) is 10. The van der Waals surface area contributed by atoms with Gasteiger partial charge in [-0.2, -0.15) is 0 Å². The Labute approximate surface area is 232 Å². The molecule has 2 aromatic rings. The van der Waals surface area contributed by atoms with Crippen LogP contribution in [0, 0.1) is 10.1 Å². The third-order valence-corrected chi connectivity index (χ3v) is 5.61. The summed E-state index contributed by atoms with van der Waals surface area (Å²) in [6.45, 7) is 5.43. The predicted molar refractivity (Wildman–Crippen MR) is 144 cm³/mol. The van der Waals surface area contributed by atoms with Crippen LogP contribution in [0.5, 0.6) is 17.2 Å². The number of carbonyl (C=O) groups is 4. The molecule has 0 aliphatic heterocycles. The minimum atomic E-state index is -0.882. The third kappa shape index (κ3) is 10.5. The van der Waals surface area contributed by atoms with Gasteiger partial charge in [0.25, 0.3) is 5.69 Å². The predicted octanol–water partition coefficient (Wildman–Crippen LogP) is 6.24. The average Bonchev–Trinajstić information content (AvgIpc) is 2.94. The number of unbranched alkanes of at least 4 members (excludes halogenated alkanes) is 3. The summed E-state index contributed by atoms with van der Waals surface area (Å²) in [5.74, 6) is -3.59. The summed E-state index contributed by atoms with van der Waals surface area (Å²) < 4.78 is 21.7. The molecular weight excluding hydrogens is 522 g/mol. The van der Waals surface area contributed by atoms with E-state index < -0.39 is 28.8 Å². The molecule has 0 unspecified atom stereocenters. The number of nitro benzene ring substituents is 1. The van der Waals surface area contributed by atoms with Gasteiger partial charge in [0.2, 0.25) is 5.75 Å². The van der Waals surface area contributed by atoms with Gasteiger partial charge in [-0.05, 0) is 37.0 Å². The van der Waals surface area contributed by atoms with E-state index in [2.05, 4.69) is 0 Å². The zero-order valence-electron chi connectivity index (χ0n) is 23.1. The molecule has 0 saturated carbocycles. The SMILES string of the molecule is CCCCC(=O)Oc1cc(C(=O)OCc2cccc([N+](=O)[O-])c2)cc(OC(=O)CCCC)c1OC(=O)CCCC. The van der Waals surface area contributed by atoms with Crippen molar-refractivity contribution < 1.29 is 43.0 Å². The van der Waals surface area contributed by atoms with Crippen molar-refractivity contribution in [3.8, 4) is 17.2 Å². The number of ether oxygens (including phenoxy) is 4. The van der Waals surface area contributed by atoms with E-state index in [-0.39, 0.29) is 54.4 Å². The van der Waals surface area contributed by atoms with Gasteiger partial charge < -0.3 is 18.9 Å². The molecule has 0 spiro atoms. The van der Waals surface area contributed by atoms with Crippen LogP contribution in [0.3, 0.4) is 0 Å². The maximum Gasteiger partial charge on any atom is 0.338 e. The highest BCUT2D eigenvalue weighted by atomic mass is 16.6. The Hall–Kier alpha value is -4.28. The summed E-state index contributed by atoms with van der Waals surface area (Å²) in [5, 5.41) is 11.0. The second-order valence-electron chi connectivity index (χ2n) is 9.04. The molecule has 2 aromatic carbocycles. The summed E-state index contributed by atoms with van der Waals surface area (Å²) in [6, 6.07) is 7.95. The Kier molecular flexibility index (Phi) is 13.3. The van der Waals surface area contributed by atoms with Gasteiger partial charge in [0.15, 0.2) is 11.5 Å². The zero-order chi connectivity index (χ0) is 29.5. The smallest absolute Gasteiger partial charge is 0.338 e. The van der Waals surface area contributed by atoms with Crippen LogP contribution in [0.1, 0.15) is 94.5 Å². The van der Waals surface area contributed by atoms with Gasteiger partial charge in [0, 0.05) is 31.4 Å². The fourth-order valence-corrected chi connectivity index (χ4v) is 3.41. The highest BCUT2D eigenvalue weighted by Crippen LogP contribution is 2.40. The van der Waals surface area contributed by atoms with Crippen molar-refractivity contribution in [2.24, 2.45) is 0 Å². The maximum absolute atomic E-state index is 13.0. The molecule has 0 radical (unpaired) electrons. The Balaban J connectivity index is 2.45. The van der Waals surface area contributed by atoms with Crippen LogP contribution in [0.2, 0.25) is 0 Å². The fourth-order valence-electron chi connectivity index (χ4n) is 3.41. The first-order chi connectivity index (χ1) is 19.2. The van der Waals surface area contributed by atoms with Crippen LogP contribution in [0.25, 0.3) is 0 Å². The summed E-state index contributed by atoms with van der Waals surface area (Å²) in [6.07, 6.45) is 4.09. The molecule has 0 atom stereocenters. The molecule has 0 fully saturated rings. The Bertz CT molecular complexity index is 1160. The second kappa shape index (κ2) is 16.6. The minimum absolute atomic E-state index is 0.0762. The first-order valence-electron chi connectivity index (χ1n) is 13.4. The lowest BCUT2D eigenvalue weighted by molar-refractivity contribution is -0.384. The third-order valence-electron chi connectivity index (χ3n) is 5.61. The number of non-ortho nitro benzene ring substituents is 1. The molecule has 11 nitrogen and oxygen atoms in total. The number of nitro groups is 1. The maximum atomic E-state index is 13.0. The molecule has 2 rings (SSSR count). The van der Waals surface area contributed by atoms with Gasteiger partial charge in [-0.3, -0.25) is 24.5 Å². The number of esters is 4. The summed E-state index contributed by atoms with van der Waals surface area (Å²) in [7, 11) is 0. The van der Waals surface area contributed by atoms with Crippen LogP contribution in [0.15, 0.2) is 36.4 Å². The van der Waals surface area contributed by atoms with Crippen molar-refractivity contribution in [1.82, 2.24) is 0 Å². The number of rotatable bonds is 16. The Morgan fingerprint density at radius 2 is 1.25 bits per heavy atom. The van der Waals surface area contributed by atoms with E-state index in [9.17, 15) is 29.3 Å². The molecule has 40 heavy (non-hydrogen) atoms. The summed E-state index contributed by atoms with van der Waals surface area (Å²) >= 11 is 0. The average molecular weight is 558 g/mol. The van der Waals surface area contributed by atoms with Gasteiger partial charge in [-0.1, -0.05) is 52.2 Å². The molecule has 0 bridgehead atoms. The standard InChI is InChI=1S/C29H35NO10/c1-4-7-13-25(31)38-23-17-21(29(34)37-19-20-11-10-12-22(16-20)30(35)36)18-24(39-26(32)14-8-5-2)28(23)40-27(33)15-9-6-3/h10-12,16-18H,4-9,13-15,19H2,1-3H3. The molecular formula is C29H35NO10. The topological polar surface area (TPSA) is 148 Å². The van der Waals surface area contributed by atoms with Crippen molar-refractivity contribution in [2.45, 2.75) is 85.2 Å². The molecule has 0 N–H and O–H groups in total. The van der Waals surface area contributed by atoms with E-state index in [1.165, 1.54) is 30.3 Å². The van der Waals surface area contributed by atoms with E-state index >= 15 is 0 Å². The molecule has 0 saturated heterocycles. The zero-order valence-corrected chi connectivity index (χ0v) is 23.1. The van der Waals surface area contributed by atoms with E-state index in [0.717, 1.165) is 19.3 Å². The lowest BCUT2D eigenvalue weighted by atomic mass is 10.1. The van der Waals surface area contributed by atoms with Gasteiger partial charge >= 0.3 is 23.9 Å². The van der Waals surface area contributed by atoms with Gasteiger partial charge in [0.1, 0.15) is 6.61 Å². The number of nitrogens with zero attached hydrogens (tertiary/aromatic N) is 1. The van der Waals surface area contributed by atoms with Gasteiger partial charge in [-0.25, -0.2) is 4.79 Å². The van der Waals surface area contributed by atoms with Gasteiger partial charge in [0.05, 0.1) is 10.5 Å². The molecule has 216 valence electrons. The Morgan fingerprint density at radius 1 is 0.750 bits per heavy atom. The normalized spacial score (nSPS) is 10.5. The largest absolute Gasteiger partial charge is 0.457 e. The first-order valence-corrected chi connectivity index (χ1v) is 13.4. The molecule has 11 heteroatoms. The monoisotopic (exact) mass is 557 g/mol. The molecule has 0 aromatic heterocycles. The summed E-state index contributed by atoms with van der Waals surface area (Å²) in [4.78, 5) is 61.0. The van der Waals surface area contributed by atoms with Crippen LogP contribution >= 0.6 is 0 Å². The van der Waals surface area contributed by atoms with Crippen LogP contribution in [-0.2, 0) is 25.7 Å². The number of carbonyl (C=O) groups excluding carboxylic acids is 4. The fraction of sp³-hybridized carbons (Fsp3) is 0.448. The lowest BCUT2D eigenvalue weighted by Crippen LogP contribution is -2.16. The number of benzene rings is 2. The van der Waals surface area contributed by atoms with Gasteiger partial charge in [-0.15, -0.1) is 0 Å². The number of hydrogen-bond donors (Lipinski definition) is 0. The van der Waals surface area contributed by atoms with E-state index in [1.54, 1.807) is 6.07 Å². The highest BCUT2D eigenvalue weighted by molar-refractivity contribution is 5.92.